The van der Waals surface area contributed by atoms with Crippen molar-refractivity contribution in [1.29, 1.82) is 0 Å². The molecule has 2 aromatic rings. The van der Waals surface area contributed by atoms with E-state index < -0.39 is 0 Å². The lowest BCUT2D eigenvalue weighted by Crippen LogP contribution is -2.20. The summed E-state index contributed by atoms with van der Waals surface area (Å²) in [4.78, 5) is 15.5. The Hall–Kier alpha value is -1.92. The van der Waals surface area contributed by atoms with E-state index in [1.165, 1.54) is 76.3 Å². The Morgan fingerprint density at radius 3 is 2.13 bits per heavy atom. The van der Waals surface area contributed by atoms with Crippen molar-refractivity contribution in [3.8, 4) is 5.75 Å². The van der Waals surface area contributed by atoms with Crippen molar-refractivity contribution >= 4 is 40.3 Å². The van der Waals surface area contributed by atoms with Crippen molar-refractivity contribution < 1.29 is 9.53 Å². The van der Waals surface area contributed by atoms with Crippen LogP contribution < -0.4 is 10.1 Å². The van der Waals surface area contributed by atoms with Gasteiger partial charge in [-0.2, -0.15) is 0 Å². The standard InChI is InChI=1S/C32H46N2O2S.BrH/c1-3-4-5-6-7-8-9-10-11-12-13-18-23-36-31-22-17-15-20-29(31)32(35)33-30-21-16-14-19-28(30)24-34-26-37-25-27(34)2;/h14-17,19-22,25H,3-13,18,23-24,26H2,1-2H3,(H,33,35);1H. The molecule has 0 saturated heterocycles. The number of hydrogen-bond donors (Lipinski definition) is 1. The van der Waals surface area contributed by atoms with E-state index in [2.05, 4.69) is 35.5 Å². The SMILES string of the molecule is Br.CCCCCCCCCCCCCCOc1ccccc1C(=O)Nc1ccccc1CN1CSC=C1C. The highest BCUT2D eigenvalue weighted by atomic mass is 79.9. The summed E-state index contributed by atoms with van der Waals surface area (Å²) < 4.78 is 6.06. The van der Waals surface area contributed by atoms with Crippen LogP contribution in [0.3, 0.4) is 0 Å². The molecule has 210 valence electrons. The second-order valence-corrected chi connectivity index (χ2v) is 10.9. The van der Waals surface area contributed by atoms with Gasteiger partial charge in [0.25, 0.3) is 5.91 Å². The van der Waals surface area contributed by atoms with Crippen LogP contribution in [0, 0.1) is 0 Å². The smallest absolute Gasteiger partial charge is 0.259 e. The van der Waals surface area contributed by atoms with Crippen LogP contribution in [0.1, 0.15) is 107 Å². The topological polar surface area (TPSA) is 41.6 Å². The number of ether oxygens (including phenoxy) is 1. The number of benzene rings is 2. The van der Waals surface area contributed by atoms with Crippen LogP contribution in [-0.4, -0.2) is 23.3 Å². The Morgan fingerprint density at radius 2 is 1.47 bits per heavy atom. The summed E-state index contributed by atoms with van der Waals surface area (Å²) in [7, 11) is 0. The highest BCUT2D eigenvalue weighted by Gasteiger charge is 2.17. The quantitative estimate of drug-likeness (QED) is 0.172. The number of anilines is 1. The lowest BCUT2D eigenvalue weighted by Gasteiger charge is -2.21. The van der Waals surface area contributed by atoms with Gasteiger partial charge >= 0.3 is 0 Å². The third-order valence-electron chi connectivity index (χ3n) is 7.00. The van der Waals surface area contributed by atoms with Crippen molar-refractivity contribution in [3.05, 3.63) is 70.8 Å². The first kappa shape index (κ1) is 32.3. The minimum atomic E-state index is -0.124. The van der Waals surface area contributed by atoms with Crippen LogP contribution in [0.2, 0.25) is 0 Å². The second-order valence-electron chi connectivity index (χ2n) is 10.1. The fourth-order valence-corrected chi connectivity index (χ4v) is 5.61. The molecule has 1 N–H and O–H groups in total. The number of allylic oxidation sites excluding steroid dienone is 1. The molecule has 1 amide bonds. The molecule has 0 unspecified atom stereocenters. The van der Waals surface area contributed by atoms with Crippen LogP contribution >= 0.6 is 28.7 Å². The third kappa shape index (κ3) is 11.4. The van der Waals surface area contributed by atoms with Crippen molar-refractivity contribution in [2.75, 3.05) is 17.8 Å². The molecule has 0 radical (unpaired) electrons. The van der Waals surface area contributed by atoms with E-state index in [0.29, 0.717) is 17.9 Å². The molecule has 0 aliphatic carbocycles. The summed E-state index contributed by atoms with van der Waals surface area (Å²) in [5.41, 5.74) is 3.82. The maximum atomic E-state index is 13.2. The fraction of sp³-hybridized carbons (Fsp3) is 0.531. The molecule has 6 heteroatoms. The van der Waals surface area contributed by atoms with Crippen LogP contribution in [0.5, 0.6) is 5.75 Å². The zero-order valence-corrected chi connectivity index (χ0v) is 25.9. The third-order valence-corrected chi connectivity index (χ3v) is 7.97. The minimum absolute atomic E-state index is 0. The lowest BCUT2D eigenvalue weighted by atomic mass is 10.1. The molecule has 4 nitrogen and oxygen atoms in total. The lowest BCUT2D eigenvalue weighted by molar-refractivity contribution is 0.102. The number of nitrogens with one attached hydrogen (secondary N) is 1. The van der Waals surface area contributed by atoms with Gasteiger partial charge in [0.1, 0.15) is 5.75 Å². The summed E-state index contributed by atoms with van der Waals surface area (Å²) in [6.45, 7) is 5.83. The van der Waals surface area contributed by atoms with E-state index in [4.69, 9.17) is 4.74 Å². The molecule has 0 aromatic heterocycles. The number of halogens is 1. The zero-order chi connectivity index (χ0) is 26.1. The van der Waals surface area contributed by atoms with Crippen LogP contribution in [-0.2, 0) is 6.54 Å². The first-order chi connectivity index (χ1) is 18.2. The zero-order valence-electron chi connectivity index (χ0n) is 23.4. The van der Waals surface area contributed by atoms with Gasteiger partial charge in [0.05, 0.1) is 18.0 Å². The molecule has 1 aliphatic heterocycles. The van der Waals surface area contributed by atoms with Gasteiger partial charge in [0.15, 0.2) is 0 Å². The number of thioether (sulfide) groups is 1. The summed E-state index contributed by atoms with van der Waals surface area (Å²) in [6.07, 6.45) is 15.8. The first-order valence-corrected chi connectivity index (χ1v) is 15.4. The average Bonchev–Trinajstić information content (AvgIpc) is 3.32. The second kappa shape index (κ2) is 19.2. The fourth-order valence-electron chi connectivity index (χ4n) is 4.68. The predicted octanol–water partition coefficient (Wildman–Crippen LogP) is 9.96. The highest BCUT2D eigenvalue weighted by Crippen LogP contribution is 2.28. The number of rotatable bonds is 18. The summed E-state index contributed by atoms with van der Waals surface area (Å²) in [5.74, 6) is 1.49. The molecule has 0 fully saturated rings. The van der Waals surface area contributed by atoms with Crippen molar-refractivity contribution in [2.45, 2.75) is 97.4 Å². The molecule has 3 rings (SSSR count). The van der Waals surface area contributed by atoms with Gasteiger partial charge in [0, 0.05) is 17.9 Å². The minimum Gasteiger partial charge on any atom is -0.493 e. The number of carbonyl (C=O) groups is 1. The first-order valence-electron chi connectivity index (χ1n) is 14.3. The highest BCUT2D eigenvalue weighted by molar-refractivity contribution is 8.93. The molecule has 38 heavy (non-hydrogen) atoms. The Balaban J connectivity index is 0.00000507. The summed E-state index contributed by atoms with van der Waals surface area (Å²) in [6, 6.07) is 15.6. The van der Waals surface area contributed by atoms with Gasteiger partial charge in [-0.25, -0.2) is 0 Å². The average molecular weight is 604 g/mol. The predicted molar refractivity (Wildman–Crippen MR) is 169 cm³/mol. The van der Waals surface area contributed by atoms with Gasteiger partial charge in [-0.1, -0.05) is 108 Å². The van der Waals surface area contributed by atoms with Crippen LogP contribution in [0.15, 0.2) is 59.6 Å². The Labute approximate surface area is 245 Å². The molecule has 2 aromatic carbocycles. The normalized spacial score (nSPS) is 12.7. The number of hydrogen-bond acceptors (Lipinski definition) is 4. The molecule has 0 saturated carbocycles. The molecule has 0 atom stereocenters. The molecule has 1 aliphatic rings. The van der Waals surface area contributed by atoms with Gasteiger partial charge in [-0.15, -0.1) is 28.7 Å². The van der Waals surface area contributed by atoms with Gasteiger partial charge in [-0.05, 0) is 42.5 Å². The van der Waals surface area contributed by atoms with E-state index in [1.54, 1.807) is 0 Å². The Bertz CT molecular complexity index is 981. The maximum Gasteiger partial charge on any atom is 0.259 e. The molecule has 1 heterocycles. The van der Waals surface area contributed by atoms with E-state index in [9.17, 15) is 4.79 Å². The van der Waals surface area contributed by atoms with E-state index in [0.717, 1.165) is 30.1 Å². The molecule has 0 bridgehead atoms. The summed E-state index contributed by atoms with van der Waals surface area (Å²) >= 11 is 1.81. The van der Waals surface area contributed by atoms with E-state index in [1.807, 2.05) is 54.2 Å². The monoisotopic (exact) mass is 602 g/mol. The largest absolute Gasteiger partial charge is 0.493 e. The van der Waals surface area contributed by atoms with Crippen molar-refractivity contribution in [3.63, 3.8) is 0 Å². The number of unbranched alkanes of at least 4 members (excludes halogenated alkanes) is 11. The molecular weight excluding hydrogens is 556 g/mol. The summed E-state index contributed by atoms with van der Waals surface area (Å²) in [5, 5.41) is 5.32. The van der Waals surface area contributed by atoms with Gasteiger partial charge in [0.2, 0.25) is 0 Å². The van der Waals surface area contributed by atoms with Gasteiger partial charge < -0.3 is 15.0 Å². The molecule has 0 spiro atoms. The Kier molecular flexibility index (Phi) is 16.3. The van der Waals surface area contributed by atoms with Crippen LogP contribution in [0.25, 0.3) is 0 Å². The van der Waals surface area contributed by atoms with Crippen molar-refractivity contribution in [1.82, 2.24) is 4.90 Å². The Morgan fingerprint density at radius 1 is 0.868 bits per heavy atom. The van der Waals surface area contributed by atoms with Crippen LogP contribution in [0.4, 0.5) is 5.69 Å². The van der Waals surface area contributed by atoms with E-state index >= 15 is 0 Å². The van der Waals surface area contributed by atoms with E-state index in [-0.39, 0.29) is 22.9 Å². The molecular formula is C32H47BrN2O2S. The van der Waals surface area contributed by atoms with Crippen molar-refractivity contribution in [2.24, 2.45) is 0 Å². The van der Waals surface area contributed by atoms with Gasteiger partial charge in [-0.3, -0.25) is 4.79 Å². The number of para-hydroxylation sites is 2. The number of amides is 1. The number of carbonyl (C=O) groups excluding carboxylic acids is 1. The number of nitrogens with zero attached hydrogens (tertiary/aromatic N) is 1. The maximum absolute atomic E-state index is 13.2.